The minimum absolute atomic E-state index is 0. The van der Waals surface area contributed by atoms with Gasteiger partial charge in [-0.25, -0.2) is 4.79 Å². The molecule has 0 saturated carbocycles. The van der Waals surface area contributed by atoms with Crippen molar-refractivity contribution in [2.45, 2.75) is 13.3 Å². The lowest BCUT2D eigenvalue weighted by molar-refractivity contribution is 0.256. The molecular weight excluding hydrogens is 529 g/mol. The zero-order chi connectivity index (χ0) is 25.2. The van der Waals surface area contributed by atoms with Crippen molar-refractivity contribution in [3.8, 4) is 0 Å². The topological polar surface area (TPSA) is 42.9 Å². The quantitative estimate of drug-likeness (QED) is 0.280. The number of halogens is 2. The minimum atomic E-state index is 0. The summed E-state index contributed by atoms with van der Waals surface area (Å²) in [4.78, 5) is 26.6. The minimum Gasteiger partial charge on any atom is -0.368 e. The number of amides is 2. The summed E-state index contributed by atoms with van der Waals surface area (Å²) in [5, 5.41) is 1.24. The smallest absolute Gasteiger partial charge is 0.329 e. The zero-order valence-corrected chi connectivity index (χ0v) is 23.8. The molecule has 3 heterocycles. The Morgan fingerprint density at radius 1 is 0.718 bits per heavy atom. The van der Waals surface area contributed by atoms with E-state index >= 15 is 0 Å². The first-order valence-electron chi connectivity index (χ1n) is 13.2. The Labute approximate surface area is 243 Å². The molecular formula is C31H35Cl2N5O. The van der Waals surface area contributed by atoms with E-state index in [2.05, 4.69) is 64.4 Å². The number of rotatable bonds is 6. The molecule has 0 spiro atoms. The number of carbonyl (C=O) groups excluding carboxylic acids is 1. The first-order chi connectivity index (χ1) is 18.2. The van der Waals surface area contributed by atoms with Crippen LogP contribution < -0.4 is 14.7 Å². The van der Waals surface area contributed by atoms with Crippen LogP contribution in [-0.2, 0) is 6.42 Å². The monoisotopic (exact) mass is 563 g/mol. The molecule has 0 aliphatic carbocycles. The van der Waals surface area contributed by atoms with E-state index in [1.807, 2.05) is 47.1 Å². The Balaban J connectivity index is 0.00000176. The van der Waals surface area contributed by atoms with Gasteiger partial charge in [0.05, 0.1) is 5.52 Å². The lowest BCUT2D eigenvalue weighted by Crippen LogP contribution is -2.47. The van der Waals surface area contributed by atoms with E-state index in [4.69, 9.17) is 4.98 Å². The van der Waals surface area contributed by atoms with Crippen LogP contribution in [0.5, 0.6) is 0 Å². The number of nitrogens with zero attached hydrogens (tertiary/aromatic N) is 5. The van der Waals surface area contributed by atoms with E-state index in [1.54, 1.807) is 0 Å². The number of aromatic nitrogens is 1. The second-order valence-corrected chi connectivity index (χ2v) is 9.97. The fourth-order valence-corrected chi connectivity index (χ4v) is 5.52. The third-order valence-electron chi connectivity index (χ3n) is 7.58. The number of hydrogen-bond donors (Lipinski definition) is 0. The predicted molar refractivity (Wildman–Crippen MR) is 166 cm³/mol. The van der Waals surface area contributed by atoms with E-state index in [0.29, 0.717) is 13.1 Å². The van der Waals surface area contributed by atoms with E-state index in [0.717, 1.165) is 61.7 Å². The fourth-order valence-electron chi connectivity index (χ4n) is 5.52. The van der Waals surface area contributed by atoms with E-state index in [-0.39, 0.29) is 30.8 Å². The normalized spacial score (nSPS) is 15.8. The first kappa shape index (κ1) is 28.7. The molecule has 3 aromatic carbocycles. The number of pyridine rings is 1. The summed E-state index contributed by atoms with van der Waals surface area (Å²) >= 11 is 0. The SMILES string of the molecule is Cc1ccc2c(N3CCN(CCc4cccc(N5CCN(c6ccccc6)C5=O)c4)CC3)cccc2n1.Cl.Cl. The number of para-hydroxylation sites is 1. The number of hydrogen-bond acceptors (Lipinski definition) is 4. The average molecular weight is 565 g/mol. The van der Waals surface area contributed by atoms with Crippen LogP contribution in [-0.4, -0.2) is 61.7 Å². The highest BCUT2D eigenvalue weighted by molar-refractivity contribution is 6.06. The molecule has 0 N–H and O–H groups in total. The zero-order valence-electron chi connectivity index (χ0n) is 22.2. The fraction of sp³-hybridized carbons (Fsp3) is 0.290. The largest absolute Gasteiger partial charge is 0.368 e. The molecule has 0 bridgehead atoms. The Morgan fingerprint density at radius 2 is 1.41 bits per heavy atom. The van der Waals surface area contributed by atoms with Crippen molar-refractivity contribution >= 4 is 58.8 Å². The maximum Gasteiger partial charge on any atom is 0.329 e. The van der Waals surface area contributed by atoms with E-state index < -0.39 is 0 Å². The van der Waals surface area contributed by atoms with Crippen LogP contribution >= 0.6 is 24.8 Å². The lowest BCUT2D eigenvalue weighted by atomic mass is 10.1. The third kappa shape index (κ3) is 6.14. The van der Waals surface area contributed by atoms with Crippen LogP contribution in [0.25, 0.3) is 10.9 Å². The van der Waals surface area contributed by atoms with Crippen molar-refractivity contribution in [2.75, 3.05) is 60.5 Å². The Hall–Kier alpha value is -3.32. The van der Waals surface area contributed by atoms with Crippen molar-refractivity contribution in [1.29, 1.82) is 0 Å². The van der Waals surface area contributed by atoms with Gasteiger partial charge in [-0.15, -0.1) is 24.8 Å². The summed E-state index contributed by atoms with van der Waals surface area (Å²) in [6.07, 6.45) is 0.982. The van der Waals surface area contributed by atoms with Crippen molar-refractivity contribution in [3.05, 3.63) is 96.2 Å². The molecule has 2 fully saturated rings. The predicted octanol–water partition coefficient (Wildman–Crippen LogP) is 6.20. The standard InChI is InChI=1S/C31H33N5O.2ClH/c1-24-13-14-28-29(32-24)11-6-12-30(28)34-19-17-33(18-20-34)16-15-25-7-5-10-27(23-25)36-22-21-35(31(36)37)26-8-3-2-4-9-26;;/h2-14,23H,15-22H2,1H3;2*1H. The van der Waals surface area contributed by atoms with Gasteiger partial charge in [0, 0.05) is 74.0 Å². The van der Waals surface area contributed by atoms with Gasteiger partial charge in [0.2, 0.25) is 0 Å². The van der Waals surface area contributed by atoms with Gasteiger partial charge >= 0.3 is 6.03 Å². The lowest BCUT2D eigenvalue weighted by Gasteiger charge is -2.36. The number of urea groups is 1. The summed E-state index contributed by atoms with van der Waals surface area (Å²) in [7, 11) is 0. The van der Waals surface area contributed by atoms with E-state index in [1.165, 1.54) is 16.6 Å². The van der Waals surface area contributed by atoms with Crippen molar-refractivity contribution in [3.63, 3.8) is 0 Å². The van der Waals surface area contributed by atoms with Gasteiger partial charge < -0.3 is 4.90 Å². The Kier molecular flexibility index (Phi) is 9.33. The molecule has 2 aliphatic heterocycles. The highest BCUT2D eigenvalue weighted by Gasteiger charge is 2.30. The molecule has 8 heteroatoms. The number of carbonyl (C=O) groups is 1. The molecule has 4 aromatic rings. The highest BCUT2D eigenvalue weighted by Crippen LogP contribution is 2.28. The van der Waals surface area contributed by atoms with Gasteiger partial charge in [-0.2, -0.15) is 0 Å². The van der Waals surface area contributed by atoms with Crippen LogP contribution in [0.4, 0.5) is 21.9 Å². The second-order valence-electron chi connectivity index (χ2n) is 9.97. The molecule has 0 unspecified atom stereocenters. The highest BCUT2D eigenvalue weighted by atomic mass is 35.5. The molecule has 1 aromatic heterocycles. The number of benzene rings is 3. The van der Waals surface area contributed by atoms with Crippen molar-refractivity contribution in [1.82, 2.24) is 9.88 Å². The molecule has 0 atom stereocenters. The maximum atomic E-state index is 13.1. The number of fused-ring (bicyclic) bond motifs is 1. The molecule has 204 valence electrons. The van der Waals surface area contributed by atoms with Gasteiger partial charge in [0.25, 0.3) is 0 Å². The molecule has 6 rings (SSSR count). The number of aryl methyl sites for hydroxylation is 1. The van der Waals surface area contributed by atoms with Crippen LogP contribution in [0.2, 0.25) is 0 Å². The summed E-state index contributed by atoms with van der Waals surface area (Å²) in [5.41, 5.74) is 6.65. The van der Waals surface area contributed by atoms with Gasteiger partial charge in [0.1, 0.15) is 0 Å². The van der Waals surface area contributed by atoms with E-state index in [9.17, 15) is 4.79 Å². The summed E-state index contributed by atoms with van der Waals surface area (Å²) in [6, 6.07) is 29.2. The van der Waals surface area contributed by atoms with Gasteiger partial charge in [0.15, 0.2) is 0 Å². The van der Waals surface area contributed by atoms with Crippen LogP contribution in [0.15, 0.2) is 84.9 Å². The van der Waals surface area contributed by atoms with Crippen LogP contribution in [0, 0.1) is 6.92 Å². The summed E-state index contributed by atoms with van der Waals surface area (Å²) < 4.78 is 0. The first-order valence-corrected chi connectivity index (χ1v) is 13.2. The van der Waals surface area contributed by atoms with Gasteiger partial charge in [-0.3, -0.25) is 19.7 Å². The molecule has 2 amide bonds. The Morgan fingerprint density at radius 3 is 2.18 bits per heavy atom. The molecule has 39 heavy (non-hydrogen) atoms. The molecule has 2 saturated heterocycles. The van der Waals surface area contributed by atoms with Gasteiger partial charge in [-0.1, -0.05) is 36.4 Å². The Bertz CT molecular complexity index is 1410. The van der Waals surface area contributed by atoms with Crippen LogP contribution in [0.3, 0.4) is 0 Å². The second kappa shape index (κ2) is 12.7. The van der Waals surface area contributed by atoms with Crippen LogP contribution in [0.1, 0.15) is 11.3 Å². The molecule has 0 radical (unpaired) electrons. The van der Waals surface area contributed by atoms with Crippen molar-refractivity contribution in [2.24, 2.45) is 0 Å². The summed E-state index contributed by atoms with van der Waals surface area (Å²) in [5.74, 6) is 0. The molecule has 6 nitrogen and oxygen atoms in total. The maximum absolute atomic E-state index is 13.1. The van der Waals surface area contributed by atoms with Gasteiger partial charge in [-0.05, 0) is 67.4 Å². The number of anilines is 3. The summed E-state index contributed by atoms with van der Waals surface area (Å²) in [6.45, 7) is 8.63. The third-order valence-corrected chi connectivity index (χ3v) is 7.58. The average Bonchev–Trinajstić information content (AvgIpc) is 3.33. The van der Waals surface area contributed by atoms with Crippen molar-refractivity contribution < 1.29 is 4.79 Å². The molecule has 2 aliphatic rings. The number of piperazine rings is 1.